The third-order valence-corrected chi connectivity index (χ3v) is 5.29. The normalized spacial score (nSPS) is 19.9. The topological polar surface area (TPSA) is 93.6 Å². The molecule has 1 amide bonds. The molecule has 2 N–H and O–H groups in total. The highest BCUT2D eigenvalue weighted by molar-refractivity contribution is 7.89. The lowest BCUT2D eigenvalue weighted by Crippen LogP contribution is -2.40. The number of rotatable bonds is 4. The van der Waals surface area contributed by atoms with E-state index in [1.807, 2.05) is 4.90 Å². The zero-order valence-electron chi connectivity index (χ0n) is 14.0. The largest absolute Gasteiger partial charge is 0.455 e. The Hall–Kier alpha value is -1.34. The van der Waals surface area contributed by atoms with Crippen LogP contribution in [-0.2, 0) is 10.0 Å². The molecular weight excluding hydrogens is 316 g/mol. The van der Waals surface area contributed by atoms with Crippen molar-refractivity contribution in [1.29, 1.82) is 0 Å². The summed E-state index contributed by atoms with van der Waals surface area (Å²) in [4.78, 5) is 14.6. The van der Waals surface area contributed by atoms with Crippen molar-refractivity contribution >= 4 is 15.9 Å². The van der Waals surface area contributed by atoms with Gasteiger partial charge in [0.15, 0.2) is 5.76 Å². The van der Waals surface area contributed by atoms with Crippen molar-refractivity contribution in [2.45, 2.75) is 63.8 Å². The highest BCUT2D eigenvalue weighted by Gasteiger charge is 2.30. The minimum absolute atomic E-state index is 0.0576. The van der Waals surface area contributed by atoms with Crippen LogP contribution in [-0.4, -0.2) is 31.8 Å². The Morgan fingerprint density at radius 3 is 2.65 bits per heavy atom. The number of sulfonamides is 1. The van der Waals surface area contributed by atoms with Gasteiger partial charge in [0.2, 0.25) is 10.0 Å². The molecule has 0 aromatic carbocycles. The quantitative estimate of drug-likeness (QED) is 0.910. The van der Waals surface area contributed by atoms with E-state index < -0.39 is 10.0 Å². The Bertz CT molecular complexity index is 664. The first-order valence-electron chi connectivity index (χ1n) is 8.14. The first-order chi connectivity index (χ1) is 10.7. The van der Waals surface area contributed by atoms with Gasteiger partial charge >= 0.3 is 0 Å². The highest BCUT2D eigenvalue weighted by atomic mass is 32.2. The van der Waals surface area contributed by atoms with Gasteiger partial charge in [-0.25, -0.2) is 13.6 Å². The van der Waals surface area contributed by atoms with Gasteiger partial charge in [0, 0.05) is 18.7 Å². The molecule has 6 nitrogen and oxygen atoms in total. The average molecular weight is 342 g/mol. The molecule has 1 fully saturated rings. The minimum Gasteiger partial charge on any atom is -0.455 e. The molecule has 1 aromatic rings. The van der Waals surface area contributed by atoms with Crippen LogP contribution in [0.25, 0.3) is 0 Å². The molecule has 2 rings (SSSR count). The molecule has 0 bridgehead atoms. The maximum atomic E-state index is 12.8. The summed E-state index contributed by atoms with van der Waals surface area (Å²) in [5.74, 6) is 0.468. The smallest absolute Gasteiger partial charge is 0.289 e. The SMILES string of the molecule is Cc1oc(C(=O)N2CCCCC[C@@H]2CC(C)C)cc1S(N)(=O)=O. The summed E-state index contributed by atoms with van der Waals surface area (Å²) in [6.07, 6.45) is 5.10. The average Bonchev–Trinajstić information content (AvgIpc) is 2.69. The Labute approximate surface area is 138 Å². The Morgan fingerprint density at radius 1 is 1.39 bits per heavy atom. The van der Waals surface area contributed by atoms with E-state index >= 15 is 0 Å². The third-order valence-electron chi connectivity index (χ3n) is 4.27. The van der Waals surface area contributed by atoms with Crippen molar-refractivity contribution in [3.63, 3.8) is 0 Å². The van der Waals surface area contributed by atoms with Crippen LogP contribution in [0.5, 0.6) is 0 Å². The Balaban J connectivity index is 2.29. The molecule has 1 saturated heterocycles. The molecule has 0 aliphatic carbocycles. The van der Waals surface area contributed by atoms with Gasteiger partial charge in [-0.2, -0.15) is 0 Å². The molecule has 1 aromatic heterocycles. The number of amides is 1. The lowest BCUT2D eigenvalue weighted by Gasteiger charge is -2.30. The summed E-state index contributed by atoms with van der Waals surface area (Å²) < 4.78 is 28.4. The van der Waals surface area contributed by atoms with Gasteiger partial charge < -0.3 is 9.32 Å². The van der Waals surface area contributed by atoms with E-state index in [0.29, 0.717) is 12.5 Å². The standard InChI is InChI=1S/C16H26N2O4S/c1-11(2)9-13-7-5-4-6-8-18(13)16(19)14-10-15(12(3)22-14)23(17,20)21/h10-11,13H,4-9H2,1-3H3,(H2,17,20,21)/t13-/m1/s1. The molecule has 0 radical (unpaired) electrons. The second kappa shape index (κ2) is 7.05. The minimum atomic E-state index is -3.88. The maximum absolute atomic E-state index is 12.8. The van der Waals surface area contributed by atoms with Crippen molar-refractivity contribution in [2.24, 2.45) is 11.1 Å². The monoisotopic (exact) mass is 342 g/mol. The predicted molar refractivity (Wildman–Crippen MR) is 87.6 cm³/mol. The van der Waals surface area contributed by atoms with Crippen LogP contribution in [0.4, 0.5) is 0 Å². The molecule has 7 heteroatoms. The number of hydrogen-bond acceptors (Lipinski definition) is 4. The number of aryl methyl sites for hydroxylation is 1. The molecule has 0 spiro atoms. The second-order valence-corrected chi connectivity index (χ2v) is 8.24. The number of furan rings is 1. The first-order valence-corrected chi connectivity index (χ1v) is 9.69. The van der Waals surface area contributed by atoms with Gasteiger partial charge in [-0.15, -0.1) is 0 Å². The Morgan fingerprint density at radius 2 is 2.09 bits per heavy atom. The molecule has 1 atom stereocenters. The third kappa shape index (κ3) is 4.35. The molecule has 2 heterocycles. The molecule has 23 heavy (non-hydrogen) atoms. The summed E-state index contributed by atoms with van der Waals surface area (Å²) in [6, 6.07) is 1.43. The van der Waals surface area contributed by atoms with Gasteiger partial charge in [0.05, 0.1) is 0 Å². The van der Waals surface area contributed by atoms with Crippen molar-refractivity contribution in [1.82, 2.24) is 4.90 Å². The number of nitrogens with two attached hydrogens (primary N) is 1. The molecular formula is C16H26N2O4S. The fraction of sp³-hybridized carbons (Fsp3) is 0.688. The van der Waals surface area contributed by atoms with E-state index in [2.05, 4.69) is 13.8 Å². The van der Waals surface area contributed by atoms with Crippen LogP contribution in [0.15, 0.2) is 15.4 Å². The molecule has 1 aliphatic rings. The van der Waals surface area contributed by atoms with Crippen LogP contribution in [0.3, 0.4) is 0 Å². The van der Waals surface area contributed by atoms with Gasteiger partial charge in [0.25, 0.3) is 5.91 Å². The fourth-order valence-electron chi connectivity index (χ4n) is 3.23. The van der Waals surface area contributed by atoms with Crippen LogP contribution in [0.2, 0.25) is 0 Å². The lowest BCUT2D eigenvalue weighted by atomic mass is 9.98. The number of hydrogen-bond donors (Lipinski definition) is 1. The number of carbonyl (C=O) groups is 1. The van der Waals surface area contributed by atoms with Crippen LogP contribution in [0, 0.1) is 12.8 Å². The number of carbonyl (C=O) groups excluding carboxylic acids is 1. The number of nitrogens with zero attached hydrogens (tertiary/aromatic N) is 1. The van der Waals surface area contributed by atoms with E-state index in [1.54, 1.807) is 0 Å². The molecule has 130 valence electrons. The summed E-state index contributed by atoms with van der Waals surface area (Å²) >= 11 is 0. The summed E-state index contributed by atoms with van der Waals surface area (Å²) in [6.45, 7) is 6.47. The number of primary sulfonamides is 1. The summed E-state index contributed by atoms with van der Waals surface area (Å²) in [5.41, 5.74) is 0. The molecule has 0 saturated carbocycles. The van der Waals surface area contributed by atoms with Crippen molar-refractivity contribution in [3.05, 3.63) is 17.6 Å². The van der Waals surface area contributed by atoms with Crippen LogP contribution >= 0.6 is 0 Å². The van der Waals surface area contributed by atoms with Crippen LogP contribution in [0.1, 0.15) is 62.3 Å². The van der Waals surface area contributed by atoms with E-state index in [0.717, 1.165) is 32.1 Å². The zero-order valence-corrected chi connectivity index (χ0v) is 14.9. The van der Waals surface area contributed by atoms with Gasteiger partial charge in [-0.1, -0.05) is 26.7 Å². The molecule has 0 unspecified atom stereocenters. The van der Waals surface area contributed by atoms with E-state index in [4.69, 9.17) is 9.56 Å². The Kier molecular flexibility index (Phi) is 5.52. The first kappa shape index (κ1) is 18.0. The summed E-state index contributed by atoms with van der Waals surface area (Å²) in [5, 5.41) is 5.16. The maximum Gasteiger partial charge on any atom is 0.289 e. The van der Waals surface area contributed by atoms with Gasteiger partial charge in [-0.3, -0.25) is 4.79 Å². The molecule has 1 aliphatic heterocycles. The van der Waals surface area contributed by atoms with Crippen molar-refractivity contribution in [2.75, 3.05) is 6.54 Å². The van der Waals surface area contributed by atoms with Crippen molar-refractivity contribution in [3.8, 4) is 0 Å². The van der Waals surface area contributed by atoms with Gasteiger partial charge in [-0.05, 0) is 32.1 Å². The zero-order chi connectivity index (χ0) is 17.2. The predicted octanol–water partition coefficient (Wildman–Crippen LogP) is 2.67. The van der Waals surface area contributed by atoms with Crippen LogP contribution < -0.4 is 5.14 Å². The lowest BCUT2D eigenvalue weighted by molar-refractivity contribution is 0.0627. The van der Waals surface area contributed by atoms with E-state index in [9.17, 15) is 13.2 Å². The number of likely N-dealkylation sites (tertiary alicyclic amines) is 1. The van der Waals surface area contributed by atoms with Crippen molar-refractivity contribution < 1.29 is 17.6 Å². The summed E-state index contributed by atoms with van der Waals surface area (Å²) in [7, 11) is -3.88. The van der Waals surface area contributed by atoms with E-state index in [-0.39, 0.29) is 28.4 Å². The second-order valence-electron chi connectivity index (χ2n) is 6.71. The highest BCUT2D eigenvalue weighted by Crippen LogP contribution is 2.26. The fourth-order valence-corrected chi connectivity index (χ4v) is 3.94. The van der Waals surface area contributed by atoms with E-state index in [1.165, 1.54) is 13.0 Å². The van der Waals surface area contributed by atoms with Gasteiger partial charge in [0.1, 0.15) is 10.7 Å².